The summed E-state index contributed by atoms with van der Waals surface area (Å²) in [6.45, 7) is 0.258. The molecule has 1 aliphatic rings. The van der Waals surface area contributed by atoms with Crippen molar-refractivity contribution in [3.63, 3.8) is 0 Å². The predicted molar refractivity (Wildman–Crippen MR) is 89.4 cm³/mol. The third-order valence-corrected chi connectivity index (χ3v) is 4.64. The van der Waals surface area contributed by atoms with Gasteiger partial charge in [-0.3, -0.25) is 14.9 Å². The number of esters is 1. The van der Waals surface area contributed by atoms with Crippen molar-refractivity contribution in [3.8, 4) is 0 Å². The number of thiazole rings is 1. The molecule has 25 heavy (non-hydrogen) atoms. The Balaban J connectivity index is 1.80. The number of non-ortho nitro benzene ring substituents is 1. The van der Waals surface area contributed by atoms with Gasteiger partial charge in [-0.15, -0.1) is 11.3 Å². The van der Waals surface area contributed by atoms with E-state index in [2.05, 4.69) is 9.72 Å². The topological polar surface area (TPSA) is 103 Å². The highest BCUT2D eigenvalue weighted by molar-refractivity contribution is 7.09. The van der Waals surface area contributed by atoms with Crippen LogP contribution in [0.5, 0.6) is 0 Å². The van der Waals surface area contributed by atoms with Crippen LogP contribution < -0.4 is 0 Å². The molecule has 0 bridgehead atoms. The van der Waals surface area contributed by atoms with Crippen molar-refractivity contribution in [1.82, 2.24) is 9.88 Å². The third kappa shape index (κ3) is 3.82. The van der Waals surface area contributed by atoms with Crippen LogP contribution in [0.15, 0.2) is 29.6 Å². The zero-order valence-corrected chi connectivity index (χ0v) is 14.2. The molecule has 0 spiro atoms. The Labute approximate surface area is 147 Å². The van der Waals surface area contributed by atoms with Gasteiger partial charge in [-0.05, 0) is 18.9 Å². The number of hydrogen-bond donors (Lipinski definition) is 0. The smallest absolute Gasteiger partial charge is 0.357 e. The van der Waals surface area contributed by atoms with Gasteiger partial charge in [-0.25, -0.2) is 9.78 Å². The summed E-state index contributed by atoms with van der Waals surface area (Å²) in [5.41, 5.74) is 0.357. The molecule has 1 aliphatic carbocycles. The normalized spacial score (nSPS) is 13.3. The molecular formula is C16H15N3O5S. The number of nitrogens with zero attached hydrogens (tertiary/aromatic N) is 3. The number of rotatable bonds is 6. The first-order valence-electron chi connectivity index (χ1n) is 7.57. The first-order chi connectivity index (χ1) is 12.0. The molecule has 1 amide bonds. The van der Waals surface area contributed by atoms with Gasteiger partial charge in [0.2, 0.25) is 0 Å². The van der Waals surface area contributed by atoms with E-state index in [1.807, 2.05) is 0 Å². The van der Waals surface area contributed by atoms with E-state index in [0.29, 0.717) is 5.01 Å². The van der Waals surface area contributed by atoms with Gasteiger partial charge in [0.25, 0.3) is 11.6 Å². The highest BCUT2D eigenvalue weighted by Crippen LogP contribution is 2.31. The van der Waals surface area contributed by atoms with Gasteiger partial charge in [0.15, 0.2) is 5.69 Å². The summed E-state index contributed by atoms with van der Waals surface area (Å²) in [4.78, 5) is 40.5. The summed E-state index contributed by atoms with van der Waals surface area (Å²) in [5, 5.41) is 13.1. The molecule has 1 aromatic carbocycles. The molecule has 1 aromatic heterocycles. The lowest BCUT2D eigenvalue weighted by molar-refractivity contribution is -0.384. The molecule has 0 N–H and O–H groups in total. The lowest BCUT2D eigenvalue weighted by Gasteiger charge is -2.21. The lowest BCUT2D eigenvalue weighted by Crippen LogP contribution is -2.32. The Morgan fingerprint density at radius 2 is 2.20 bits per heavy atom. The molecular weight excluding hydrogens is 346 g/mol. The van der Waals surface area contributed by atoms with Crippen molar-refractivity contribution in [1.29, 1.82) is 0 Å². The van der Waals surface area contributed by atoms with E-state index in [4.69, 9.17) is 0 Å². The number of nitro benzene ring substituents is 1. The van der Waals surface area contributed by atoms with E-state index in [9.17, 15) is 19.7 Å². The van der Waals surface area contributed by atoms with Gasteiger partial charge >= 0.3 is 5.97 Å². The second kappa shape index (κ2) is 6.98. The van der Waals surface area contributed by atoms with Crippen molar-refractivity contribution < 1.29 is 19.2 Å². The van der Waals surface area contributed by atoms with Crippen molar-refractivity contribution in [3.05, 3.63) is 56.0 Å². The number of methoxy groups -OCH3 is 1. The van der Waals surface area contributed by atoms with Crippen molar-refractivity contribution >= 4 is 28.9 Å². The van der Waals surface area contributed by atoms with Gasteiger partial charge in [0, 0.05) is 29.1 Å². The van der Waals surface area contributed by atoms with Crippen LogP contribution >= 0.6 is 11.3 Å². The molecule has 0 unspecified atom stereocenters. The minimum Gasteiger partial charge on any atom is -0.464 e. The van der Waals surface area contributed by atoms with E-state index in [1.54, 1.807) is 16.3 Å². The number of hydrogen-bond acceptors (Lipinski definition) is 7. The minimum atomic E-state index is -0.526. The molecule has 1 heterocycles. The Hall–Kier alpha value is -2.81. The quantitative estimate of drug-likeness (QED) is 0.445. The third-order valence-electron chi connectivity index (χ3n) is 3.80. The van der Waals surface area contributed by atoms with Crippen molar-refractivity contribution in [2.24, 2.45) is 0 Å². The van der Waals surface area contributed by atoms with E-state index in [-0.39, 0.29) is 35.4 Å². The molecule has 0 radical (unpaired) electrons. The van der Waals surface area contributed by atoms with Crippen LogP contribution in [0.2, 0.25) is 0 Å². The van der Waals surface area contributed by atoms with Crippen LogP contribution in [0.1, 0.15) is 38.7 Å². The first kappa shape index (κ1) is 17.0. The maximum atomic E-state index is 12.8. The van der Waals surface area contributed by atoms with Crippen LogP contribution in [-0.4, -0.2) is 39.8 Å². The SMILES string of the molecule is COC(=O)c1csc(CN(C(=O)c2cccc([N+](=O)[O-])c2)C2CC2)n1. The number of ether oxygens (including phenoxy) is 1. The molecule has 2 aromatic rings. The Morgan fingerprint density at radius 3 is 2.84 bits per heavy atom. The molecule has 0 saturated heterocycles. The van der Waals surface area contributed by atoms with Crippen LogP contribution in [0.3, 0.4) is 0 Å². The molecule has 0 aliphatic heterocycles. The summed E-state index contributed by atoms with van der Waals surface area (Å²) in [6, 6.07) is 5.78. The standard InChI is InChI=1S/C16H15N3O5S/c1-24-16(21)13-9-25-14(17-13)8-18(11-5-6-11)15(20)10-3-2-4-12(7-10)19(22)23/h2-4,7,9,11H,5-6,8H2,1H3. The molecule has 9 heteroatoms. The summed E-state index contributed by atoms with van der Waals surface area (Å²) in [6.07, 6.45) is 1.77. The maximum absolute atomic E-state index is 12.8. The zero-order valence-electron chi connectivity index (χ0n) is 13.4. The van der Waals surface area contributed by atoms with Gasteiger partial charge in [0.1, 0.15) is 5.01 Å². The molecule has 1 fully saturated rings. The number of benzene rings is 1. The summed E-state index contributed by atoms with van der Waals surface area (Å²) in [5.74, 6) is -0.800. The fraction of sp³-hybridized carbons (Fsp3) is 0.312. The van der Waals surface area contributed by atoms with Gasteiger partial charge in [0.05, 0.1) is 18.6 Å². The van der Waals surface area contributed by atoms with Gasteiger partial charge in [-0.2, -0.15) is 0 Å². The number of nitro groups is 1. The van der Waals surface area contributed by atoms with Crippen LogP contribution in [0.25, 0.3) is 0 Å². The second-order valence-corrected chi connectivity index (χ2v) is 6.53. The minimum absolute atomic E-state index is 0.0947. The highest BCUT2D eigenvalue weighted by Gasteiger charge is 2.34. The maximum Gasteiger partial charge on any atom is 0.357 e. The molecule has 130 valence electrons. The Kier molecular flexibility index (Phi) is 4.75. The molecule has 1 saturated carbocycles. The number of carbonyl (C=O) groups is 2. The molecule has 8 nitrogen and oxygen atoms in total. The number of carbonyl (C=O) groups excluding carboxylic acids is 2. The number of amides is 1. The predicted octanol–water partition coefficient (Wildman–Crippen LogP) is 2.64. The average molecular weight is 361 g/mol. The highest BCUT2D eigenvalue weighted by atomic mass is 32.1. The van der Waals surface area contributed by atoms with E-state index < -0.39 is 10.9 Å². The van der Waals surface area contributed by atoms with E-state index in [1.165, 1.54) is 36.6 Å². The lowest BCUT2D eigenvalue weighted by atomic mass is 10.1. The monoisotopic (exact) mass is 361 g/mol. The Morgan fingerprint density at radius 1 is 1.44 bits per heavy atom. The Bertz CT molecular complexity index is 831. The van der Waals surface area contributed by atoms with Crippen LogP contribution in [-0.2, 0) is 11.3 Å². The van der Waals surface area contributed by atoms with Crippen molar-refractivity contribution in [2.75, 3.05) is 7.11 Å². The average Bonchev–Trinajstić information content (AvgIpc) is 3.36. The summed E-state index contributed by atoms with van der Waals surface area (Å²) < 4.78 is 4.63. The van der Waals surface area contributed by atoms with Crippen molar-refractivity contribution in [2.45, 2.75) is 25.4 Å². The second-order valence-electron chi connectivity index (χ2n) is 5.59. The molecule has 0 atom stereocenters. The van der Waals surface area contributed by atoms with Gasteiger partial charge < -0.3 is 9.64 Å². The first-order valence-corrected chi connectivity index (χ1v) is 8.45. The largest absolute Gasteiger partial charge is 0.464 e. The fourth-order valence-electron chi connectivity index (χ4n) is 2.40. The zero-order chi connectivity index (χ0) is 18.0. The van der Waals surface area contributed by atoms with Gasteiger partial charge in [-0.1, -0.05) is 6.07 Å². The summed E-state index contributed by atoms with van der Waals surface area (Å²) >= 11 is 1.27. The summed E-state index contributed by atoms with van der Waals surface area (Å²) in [7, 11) is 1.28. The van der Waals surface area contributed by atoms with Crippen LogP contribution in [0, 0.1) is 10.1 Å². The van der Waals surface area contributed by atoms with Crippen LogP contribution in [0.4, 0.5) is 5.69 Å². The number of aromatic nitrogens is 1. The van der Waals surface area contributed by atoms with E-state index >= 15 is 0 Å². The fourth-order valence-corrected chi connectivity index (χ4v) is 3.16. The molecule has 3 rings (SSSR count). The van der Waals surface area contributed by atoms with E-state index in [0.717, 1.165) is 12.8 Å².